The zero-order chi connectivity index (χ0) is 18.3. The molecule has 1 aliphatic carbocycles. The smallest absolute Gasteiger partial charge is 0.222 e. The van der Waals surface area contributed by atoms with Gasteiger partial charge in [0.1, 0.15) is 0 Å². The summed E-state index contributed by atoms with van der Waals surface area (Å²) in [4.78, 5) is 1.03. The van der Waals surface area contributed by atoms with Gasteiger partial charge in [0.15, 0.2) is 0 Å². The number of nitrogens with zero attached hydrogens (tertiary/aromatic N) is 3. The number of hydrogen-bond acceptors (Lipinski definition) is 4. The molecule has 0 amide bonds. The van der Waals surface area contributed by atoms with Gasteiger partial charge in [0.25, 0.3) is 0 Å². The van der Waals surface area contributed by atoms with Gasteiger partial charge in [0.05, 0.1) is 28.6 Å². The van der Waals surface area contributed by atoms with Gasteiger partial charge in [-0.25, -0.2) is 4.68 Å². The first kappa shape index (κ1) is 16.6. The molecule has 6 heteroatoms. The summed E-state index contributed by atoms with van der Waals surface area (Å²) in [5.41, 5.74) is 3.55. The first-order valence-corrected chi connectivity index (χ1v) is 9.71. The van der Waals surface area contributed by atoms with Crippen LogP contribution in [0, 0.1) is 23.0 Å². The van der Waals surface area contributed by atoms with Crippen LogP contribution in [-0.2, 0) is 10.7 Å². The lowest BCUT2D eigenvalue weighted by atomic mass is 10.0. The van der Waals surface area contributed by atoms with Crippen molar-refractivity contribution >= 4 is 10.7 Å². The van der Waals surface area contributed by atoms with Crippen molar-refractivity contribution < 1.29 is 5.11 Å². The van der Waals surface area contributed by atoms with E-state index in [2.05, 4.69) is 11.2 Å². The zero-order valence-electron chi connectivity index (χ0n) is 14.3. The second-order valence-electron chi connectivity index (χ2n) is 6.42. The van der Waals surface area contributed by atoms with Crippen molar-refractivity contribution in [3.8, 4) is 28.8 Å². The number of aryl methyl sites for hydroxylation is 1. The Balaban J connectivity index is 1.69. The molecule has 0 radical (unpaired) electrons. The van der Waals surface area contributed by atoms with Crippen LogP contribution in [0.3, 0.4) is 0 Å². The molecule has 1 fully saturated rings. The molecule has 130 valence electrons. The maximum absolute atomic E-state index is 10.7. The van der Waals surface area contributed by atoms with Crippen molar-refractivity contribution in [2.75, 3.05) is 0 Å². The Kier molecular flexibility index (Phi) is 4.09. The van der Waals surface area contributed by atoms with E-state index in [1.165, 1.54) is 4.68 Å². The summed E-state index contributed by atoms with van der Waals surface area (Å²) in [5, 5.41) is 24.6. The summed E-state index contributed by atoms with van der Waals surface area (Å²) in [6.45, 7) is 1.85. The summed E-state index contributed by atoms with van der Waals surface area (Å²) in [7, 11) is -0.445. The first-order valence-electron chi connectivity index (χ1n) is 8.42. The predicted octanol–water partition coefficient (Wildman–Crippen LogP) is 4.33. The molecule has 2 N–H and O–H groups in total. The number of aromatic hydroxyl groups is 1. The Morgan fingerprint density at radius 2 is 1.81 bits per heavy atom. The fraction of sp³-hybridized carbons (Fsp3) is 0.200. The van der Waals surface area contributed by atoms with E-state index >= 15 is 0 Å². The molecule has 0 saturated heterocycles. The van der Waals surface area contributed by atoms with Crippen molar-refractivity contribution in [2.24, 2.45) is 0 Å². The summed E-state index contributed by atoms with van der Waals surface area (Å²) in [6, 6.07) is 16.9. The van der Waals surface area contributed by atoms with Crippen molar-refractivity contribution in [3.63, 3.8) is 0 Å². The highest BCUT2D eigenvalue weighted by Gasteiger charge is 2.26. The molecule has 1 atom stereocenters. The minimum absolute atomic E-state index is 0.0759. The van der Waals surface area contributed by atoms with Gasteiger partial charge in [-0.1, -0.05) is 22.8 Å². The third kappa shape index (κ3) is 2.91. The van der Waals surface area contributed by atoms with Crippen LogP contribution in [0.2, 0.25) is 0 Å². The number of nitrogens with one attached hydrogen (secondary N) is 1. The molecular weight excluding hydrogens is 344 g/mol. The Hall–Kier alpha value is -2.91. The Morgan fingerprint density at radius 1 is 1.15 bits per heavy atom. The average molecular weight is 362 g/mol. The number of rotatable bonds is 4. The van der Waals surface area contributed by atoms with Gasteiger partial charge in [-0.3, -0.25) is 4.78 Å². The van der Waals surface area contributed by atoms with Crippen LogP contribution in [0.25, 0.3) is 16.8 Å². The normalized spacial score (nSPS) is 14.8. The molecule has 1 aromatic heterocycles. The van der Waals surface area contributed by atoms with Gasteiger partial charge in [0, 0.05) is 10.1 Å². The van der Waals surface area contributed by atoms with Gasteiger partial charge < -0.3 is 5.11 Å². The average Bonchev–Trinajstić information content (AvgIpc) is 3.47. The molecular formula is C20H18N4OS. The quantitative estimate of drug-likeness (QED) is 0.724. The fourth-order valence-electron chi connectivity index (χ4n) is 2.97. The molecule has 5 nitrogen and oxygen atoms in total. The maximum Gasteiger partial charge on any atom is 0.222 e. The van der Waals surface area contributed by atoms with Crippen LogP contribution in [0.5, 0.6) is 5.88 Å². The lowest BCUT2D eigenvalue weighted by Crippen LogP contribution is -1.99. The maximum atomic E-state index is 10.7. The monoisotopic (exact) mass is 362 g/mol. The third-order valence-electron chi connectivity index (χ3n) is 4.53. The minimum Gasteiger partial charge on any atom is -0.493 e. The number of aromatic nitrogens is 2. The second-order valence-corrected chi connectivity index (χ2v) is 8.23. The van der Waals surface area contributed by atoms with Gasteiger partial charge in [-0.2, -0.15) is 10.4 Å². The summed E-state index contributed by atoms with van der Waals surface area (Å²) < 4.78 is 9.78. The van der Waals surface area contributed by atoms with E-state index in [1.54, 1.807) is 12.1 Å². The standard InChI is InChI=1S/C20H18N4OS/c1-13-19(15-4-2-14(12-21)3-5-15)20(25)24(23-13)16-6-8-17(9-7-16)26(22)18-10-11-18/h2-9,18,22,25H,10-11H2,1H3/t26-/m1/s1. The van der Waals surface area contributed by atoms with E-state index in [0.717, 1.165) is 34.7 Å². The topological polar surface area (TPSA) is 85.7 Å². The first-order chi connectivity index (χ1) is 12.6. The largest absolute Gasteiger partial charge is 0.493 e. The van der Waals surface area contributed by atoms with E-state index < -0.39 is 10.7 Å². The summed E-state index contributed by atoms with van der Waals surface area (Å²) in [6.07, 6.45) is 2.31. The van der Waals surface area contributed by atoms with Crippen molar-refractivity contribution in [1.29, 1.82) is 10.0 Å². The molecule has 0 unspecified atom stereocenters. The Labute approximate surface area is 154 Å². The van der Waals surface area contributed by atoms with E-state index in [4.69, 9.17) is 10.0 Å². The molecule has 1 aliphatic rings. The SMILES string of the molecule is Cc1nn(-c2ccc([S@@](=N)C3CC3)cc2)c(O)c1-c1ccc(C#N)cc1. The van der Waals surface area contributed by atoms with Gasteiger partial charge in [0.2, 0.25) is 5.88 Å². The van der Waals surface area contributed by atoms with E-state index in [9.17, 15) is 5.11 Å². The molecule has 0 aliphatic heterocycles. The van der Waals surface area contributed by atoms with Crippen molar-refractivity contribution in [2.45, 2.75) is 29.9 Å². The highest BCUT2D eigenvalue weighted by Crippen LogP contribution is 2.35. The second kappa shape index (κ2) is 6.43. The fourth-order valence-corrected chi connectivity index (χ4v) is 4.40. The molecule has 3 aromatic rings. The van der Waals surface area contributed by atoms with Gasteiger partial charge in [-0.05, 0) is 61.7 Å². The van der Waals surface area contributed by atoms with Crippen molar-refractivity contribution in [3.05, 3.63) is 59.8 Å². The highest BCUT2D eigenvalue weighted by molar-refractivity contribution is 7.87. The highest BCUT2D eigenvalue weighted by atomic mass is 32.2. The predicted molar refractivity (Wildman–Crippen MR) is 101 cm³/mol. The number of hydrogen-bond donors (Lipinski definition) is 2. The molecule has 0 spiro atoms. The van der Waals surface area contributed by atoms with Gasteiger partial charge in [-0.15, -0.1) is 0 Å². The molecule has 4 rings (SSSR count). The van der Waals surface area contributed by atoms with E-state index in [0.29, 0.717) is 16.4 Å². The third-order valence-corrected chi connectivity index (χ3v) is 6.45. The van der Waals surface area contributed by atoms with Gasteiger partial charge >= 0.3 is 0 Å². The Bertz CT molecular complexity index is 1030. The molecule has 0 bridgehead atoms. The van der Waals surface area contributed by atoms with Crippen LogP contribution in [-0.4, -0.2) is 20.1 Å². The van der Waals surface area contributed by atoms with Crippen molar-refractivity contribution in [1.82, 2.24) is 9.78 Å². The Morgan fingerprint density at radius 3 is 2.38 bits per heavy atom. The van der Waals surface area contributed by atoms with Crippen LogP contribution < -0.4 is 0 Å². The summed E-state index contributed by atoms with van der Waals surface area (Å²) >= 11 is 0. The minimum atomic E-state index is -0.445. The zero-order valence-corrected chi connectivity index (χ0v) is 15.1. The molecule has 26 heavy (non-hydrogen) atoms. The van der Waals surface area contributed by atoms with Crippen LogP contribution in [0.15, 0.2) is 53.4 Å². The molecule has 2 aromatic carbocycles. The lowest BCUT2D eigenvalue weighted by Gasteiger charge is -2.07. The van der Waals surface area contributed by atoms with E-state index in [-0.39, 0.29) is 5.88 Å². The number of benzene rings is 2. The van der Waals surface area contributed by atoms with Crippen LogP contribution in [0.4, 0.5) is 0 Å². The van der Waals surface area contributed by atoms with Crippen LogP contribution >= 0.6 is 0 Å². The lowest BCUT2D eigenvalue weighted by molar-refractivity contribution is 0.435. The molecule has 1 saturated carbocycles. The van der Waals surface area contributed by atoms with Crippen LogP contribution in [0.1, 0.15) is 24.1 Å². The molecule has 1 heterocycles. The number of nitriles is 1. The summed E-state index contributed by atoms with van der Waals surface area (Å²) in [5.74, 6) is 0.0759. The van der Waals surface area contributed by atoms with E-state index in [1.807, 2.05) is 43.3 Å².